The van der Waals surface area contributed by atoms with Gasteiger partial charge >= 0.3 is 5.97 Å². The van der Waals surface area contributed by atoms with E-state index in [9.17, 15) is 24.3 Å². The predicted molar refractivity (Wildman–Crippen MR) is 136 cm³/mol. The van der Waals surface area contributed by atoms with E-state index in [0.29, 0.717) is 24.3 Å². The summed E-state index contributed by atoms with van der Waals surface area (Å²) in [6, 6.07) is -3.77. The molecule has 0 spiro atoms. The Morgan fingerprint density at radius 3 is 2.03 bits per heavy atom. The highest BCUT2D eigenvalue weighted by molar-refractivity contribution is 7.98. The van der Waals surface area contributed by atoms with Gasteiger partial charge in [-0.2, -0.15) is 11.8 Å². The summed E-state index contributed by atoms with van der Waals surface area (Å²) in [5, 5.41) is 17.4. The topological polar surface area (TPSA) is 179 Å². The van der Waals surface area contributed by atoms with E-state index in [0.717, 1.165) is 0 Å². The number of amides is 3. The van der Waals surface area contributed by atoms with E-state index in [1.807, 2.05) is 34.0 Å². The Hall–Kier alpha value is -2.60. The molecule has 35 heavy (non-hydrogen) atoms. The molecule has 4 atom stereocenters. The number of carbonyl (C=O) groups excluding carboxylic acids is 3. The van der Waals surface area contributed by atoms with E-state index in [1.165, 1.54) is 18.1 Å². The number of hydrogen-bond donors (Lipinski definition) is 6. The molecule has 7 N–H and O–H groups in total. The van der Waals surface area contributed by atoms with Crippen LogP contribution in [0.4, 0.5) is 0 Å². The number of aromatic amines is 1. The minimum absolute atomic E-state index is 0.0623. The molecule has 0 aromatic carbocycles. The third kappa shape index (κ3) is 11.6. The van der Waals surface area contributed by atoms with Crippen molar-refractivity contribution in [2.24, 2.45) is 17.6 Å². The first-order chi connectivity index (χ1) is 16.4. The van der Waals surface area contributed by atoms with Crippen LogP contribution >= 0.6 is 11.8 Å². The zero-order valence-electron chi connectivity index (χ0n) is 21.2. The molecule has 0 aliphatic rings. The van der Waals surface area contributed by atoms with Gasteiger partial charge in [0.05, 0.1) is 12.4 Å². The van der Waals surface area contributed by atoms with Gasteiger partial charge in [0.25, 0.3) is 0 Å². The Bertz CT molecular complexity index is 817. The van der Waals surface area contributed by atoms with Crippen LogP contribution in [0.3, 0.4) is 0 Å². The van der Waals surface area contributed by atoms with E-state index < -0.39 is 47.9 Å². The second-order valence-corrected chi connectivity index (χ2v) is 10.4. The number of thioether (sulfide) groups is 1. The molecule has 0 saturated carbocycles. The van der Waals surface area contributed by atoms with Crippen molar-refractivity contribution < 1.29 is 24.3 Å². The number of aliphatic carboxylic acids is 1. The van der Waals surface area contributed by atoms with Gasteiger partial charge < -0.3 is 31.8 Å². The first-order valence-electron chi connectivity index (χ1n) is 11.8. The summed E-state index contributed by atoms with van der Waals surface area (Å²) in [6.45, 7) is 7.56. The summed E-state index contributed by atoms with van der Waals surface area (Å²) in [5.74, 6) is -1.98. The third-order valence-electron chi connectivity index (χ3n) is 5.24. The first-order valence-corrected chi connectivity index (χ1v) is 13.2. The molecule has 198 valence electrons. The molecular weight excluding hydrogens is 472 g/mol. The van der Waals surface area contributed by atoms with Crippen molar-refractivity contribution in [3.05, 3.63) is 18.2 Å². The largest absolute Gasteiger partial charge is 0.480 e. The van der Waals surface area contributed by atoms with Crippen LogP contribution in [0.15, 0.2) is 12.5 Å². The van der Waals surface area contributed by atoms with Gasteiger partial charge in [0.15, 0.2) is 0 Å². The molecule has 0 aliphatic carbocycles. The second kappa shape index (κ2) is 15.4. The fourth-order valence-electron chi connectivity index (χ4n) is 3.45. The summed E-state index contributed by atoms with van der Waals surface area (Å²) in [5.41, 5.74) is 6.71. The van der Waals surface area contributed by atoms with Crippen LogP contribution in [0.5, 0.6) is 0 Å². The molecule has 0 aliphatic heterocycles. The van der Waals surface area contributed by atoms with Gasteiger partial charge in [0.2, 0.25) is 17.7 Å². The van der Waals surface area contributed by atoms with Crippen molar-refractivity contribution in [2.75, 3.05) is 12.0 Å². The van der Waals surface area contributed by atoms with E-state index in [-0.39, 0.29) is 24.7 Å². The summed E-state index contributed by atoms with van der Waals surface area (Å²) in [4.78, 5) is 57.1. The monoisotopic (exact) mass is 512 g/mol. The molecule has 12 heteroatoms. The Labute approximate surface area is 211 Å². The average molecular weight is 513 g/mol. The smallest absolute Gasteiger partial charge is 0.326 e. The Morgan fingerprint density at radius 2 is 1.51 bits per heavy atom. The molecule has 3 amide bonds. The molecule has 0 bridgehead atoms. The molecule has 1 aromatic rings. The van der Waals surface area contributed by atoms with Gasteiger partial charge in [-0.05, 0) is 43.1 Å². The van der Waals surface area contributed by atoms with Crippen LogP contribution < -0.4 is 21.7 Å². The maximum absolute atomic E-state index is 13.1. The SMILES string of the molecule is CSCCC(NC(=O)C(CC(C)C)NC(=O)C(N)Cc1cnc[nH]1)C(=O)NC(CC(C)C)C(=O)O. The normalized spacial score (nSPS) is 14.7. The number of nitrogens with two attached hydrogens (primary N) is 1. The highest BCUT2D eigenvalue weighted by atomic mass is 32.2. The lowest BCUT2D eigenvalue weighted by atomic mass is 10.0. The van der Waals surface area contributed by atoms with Crippen molar-refractivity contribution in [3.8, 4) is 0 Å². The van der Waals surface area contributed by atoms with E-state index in [1.54, 1.807) is 6.20 Å². The fourth-order valence-corrected chi connectivity index (χ4v) is 3.92. The lowest BCUT2D eigenvalue weighted by molar-refractivity contribution is -0.142. The van der Waals surface area contributed by atoms with Gasteiger partial charge in [-0.3, -0.25) is 14.4 Å². The van der Waals surface area contributed by atoms with Crippen LogP contribution in [0, 0.1) is 11.8 Å². The minimum Gasteiger partial charge on any atom is -0.480 e. The Morgan fingerprint density at radius 1 is 0.971 bits per heavy atom. The molecule has 1 heterocycles. The molecule has 0 fully saturated rings. The number of carbonyl (C=O) groups is 4. The number of nitrogens with zero attached hydrogens (tertiary/aromatic N) is 1. The number of imidazole rings is 1. The maximum Gasteiger partial charge on any atom is 0.326 e. The lowest BCUT2D eigenvalue weighted by Gasteiger charge is -2.26. The van der Waals surface area contributed by atoms with Crippen molar-refractivity contribution in [1.82, 2.24) is 25.9 Å². The molecule has 0 radical (unpaired) electrons. The molecule has 0 saturated heterocycles. The molecule has 11 nitrogen and oxygen atoms in total. The lowest BCUT2D eigenvalue weighted by Crippen LogP contribution is -2.57. The van der Waals surface area contributed by atoms with Crippen LogP contribution in [0.2, 0.25) is 0 Å². The van der Waals surface area contributed by atoms with Crippen LogP contribution in [-0.4, -0.2) is 74.9 Å². The number of aromatic nitrogens is 2. The predicted octanol–water partition coefficient (Wildman–Crippen LogP) is 0.664. The van der Waals surface area contributed by atoms with Crippen LogP contribution in [-0.2, 0) is 25.6 Å². The fraction of sp³-hybridized carbons (Fsp3) is 0.696. The standard InChI is InChI=1S/C23H40N6O5S/c1-13(2)8-18(28-20(30)16(24)10-15-11-25-12-26-15)22(32)27-17(6-7-35-5)21(31)29-19(23(33)34)9-14(3)4/h11-14,16-19H,6-10,24H2,1-5H3,(H,25,26)(H,27,32)(H,28,30)(H,29,31)(H,33,34). The summed E-state index contributed by atoms with van der Waals surface area (Å²) in [7, 11) is 0. The zero-order chi connectivity index (χ0) is 26.5. The number of carboxylic acid groups (broad SMARTS) is 1. The van der Waals surface area contributed by atoms with Crippen LogP contribution in [0.25, 0.3) is 0 Å². The molecule has 1 rings (SSSR count). The number of H-pyrrole nitrogens is 1. The first kappa shape index (κ1) is 30.4. The van der Waals surface area contributed by atoms with E-state index in [2.05, 4.69) is 25.9 Å². The number of hydrogen-bond acceptors (Lipinski definition) is 7. The summed E-state index contributed by atoms with van der Waals surface area (Å²) < 4.78 is 0. The maximum atomic E-state index is 13.1. The van der Waals surface area contributed by atoms with Crippen molar-refractivity contribution in [3.63, 3.8) is 0 Å². The van der Waals surface area contributed by atoms with Gasteiger partial charge in [0.1, 0.15) is 18.1 Å². The van der Waals surface area contributed by atoms with Gasteiger partial charge in [-0.15, -0.1) is 0 Å². The minimum atomic E-state index is -1.13. The van der Waals surface area contributed by atoms with Gasteiger partial charge in [0, 0.05) is 18.3 Å². The quantitative estimate of drug-likeness (QED) is 0.187. The molecule has 1 aromatic heterocycles. The highest BCUT2D eigenvalue weighted by Gasteiger charge is 2.30. The third-order valence-corrected chi connectivity index (χ3v) is 5.88. The Balaban J connectivity index is 2.92. The van der Waals surface area contributed by atoms with Gasteiger partial charge in [-0.25, -0.2) is 9.78 Å². The highest BCUT2D eigenvalue weighted by Crippen LogP contribution is 2.10. The number of rotatable bonds is 16. The Kier molecular flexibility index (Phi) is 13.4. The van der Waals surface area contributed by atoms with Crippen molar-refractivity contribution in [1.29, 1.82) is 0 Å². The van der Waals surface area contributed by atoms with Gasteiger partial charge in [-0.1, -0.05) is 27.7 Å². The summed E-state index contributed by atoms with van der Waals surface area (Å²) >= 11 is 1.50. The van der Waals surface area contributed by atoms with Crippen molar-refractivity contribution in [2.45, 2.75) is 77.5 Å². The van der Waals surface area contributed by atoms with E-state index >= 15 is 0 Å². The molecule has 4 unspecified atom stereocenters. The summed E-state index contributed by atoms with van der Waals surface area (Å²) in [6.07, 6.45) is 6.09. The van der Waals surface area contributed by atoms with Crippen molar-refractivity contribution >= 4 is 35.5 Å². The number of nitrogens with one attached hydrogen (secondary N) is 4. The molecular formula is C23H40N6O5S. The van der Waals surface area contributed by atoms with Crippen LogP contribution in [0.1, 0.15) is 52.7 Å². The average Bonchev–Trinajstić information content (AvgIpc) is 3.27. The number of carboxylic acids is 1. The second-order valence-electron chi connectivity index (χ2n) is 9.45. The van der Waals surface area contributed by atoms with E-state index in [4.69, 9.17) is 5.73 Å². The zero-order valence-corrected chi connectivity index (χ0v) is 22.0.